The average Bonchev–Trinajstić information content (AvgIpc) is 2.54. The zero-order valence-corrected chi connectivity index (χ0v) is 14.2. The largest absolute Gasteiger partial charge is 0.358 e. The number of aromatic amines is 1. The summed E-state index contributed by atoms with van der Waals surface area (Å²) >= 11 is 6.03. The predicted octanol–water partition coefficient (Wildman–Crippen LogP) is 1.90. The lowest BCUT2D eigenvalue weighted by atomic mass is 9.83. The lowest BCUT2D eigenvalue weighted by Crippen LogP contribution is -2.52. The van der Waals surface area contributed by atoms with Crippen LogP contribution >= 0.6 is 11.6 Å². The number of piperazine rings is 1. The molecule has 1 aliphatic heterocycles. The van der Waals surface area contributed by atoms with Crippen molar-refractivity contribution in [2.75, 3.05) is 31.1 Å². The number of aromatic nitrogens is 2. The van der Waals surface area contributed by atoms with E-state index in [-0.39, 0.29) is 17.5 Å². The zero-order chi connectivity index (χ0) is 16.4. The standard InChI is InChI=1S/C16H23ClN4O2/c1-11-2-4-12(5-3-11)9-21-7-6-20(10-14(21)22)13-8-18-19-16(23)15(13)17/h8,11-12H,2-7,9-10H2,1H3,(H,19,23)/t11-,12-. The Labute approximate surface area is 140 Å². The highest BCUT2D eigenvalue weighted by Crippen LogP contribution is 2.29. The highest BCUT2D eigenvalue weighted by atomic mass is 35.5. The predicted molar refractivity (Wildman–Crippen MR) is 89.8 cm³/mol. The van der Waals surface area contributed by atoms with Gasteiger partial charge in [0.15, 0.2) is 0 Å². The van der Waals surface area contributed by atoms with Crippen molar-refractivity contribution in [2.24, 2.45) is 11.8 Å². The van der Waals surface area contributed by atoms with E-state index in [0.717, 1.165) is 12.5 Å². The van der Waals surface area contributed by atoms with Crippen LogP contribution < -0.4 is 10.5 Å². The van der Waals surface area contributed by atoms with Crippen LogP contribution in [0.3, 0.4) is 0 Å². The summed E-state index contributed by atoms with van der Waals surface area (Å²) in [6.45, 7) is 4.78. The highest BCUT2D eigenvalue weighted by molar-refractivity contribution is 6.33. The SMILES string of the molecule is C[C@H]1CC[C@H](CN2CCN(c3cn[nH]c(=O)c3Cl)CC2=O)CC1. The zero-order valence-electron chi connectivity index (χ0n) is 13.4. The van der Waals surface area contributed by atoms with Crippen molar-refractivity contribution in [3.8, 4) is 0 Å². The Morgan fingerprint density at radius 3 is 2.70 bits per heavy atom. The van der Waals surface area contributed by atoms with Gasteiger partial charge in [0.1, 0.15) is 5.02 Å². The molecule has 126 valence electrons. The van der Waals surface area contributed by atoms with E-state index in [1.807, 2.05) is 9.80 Å². The molecule has 1 saturated carbocycles. The molecule has 7 heteroatoms. The van der Waals surface area contributed by atoms with Crippen LogP contribution in [0.1, 0.15) is 32.6 Å². The second kappa shape index (κ2) is 6.91. The molecular formula is C16H23ClN4O2. The Hall–Kier alpha value is -1.56. The summed E-state index contributed by atoms with van der Waals surface area (Å²) < 4.78 is 0. The van der Waals surface area contributed by atoms with Gasteiger partial charge in [-0.3, -0.25) is 9.59 Å². The maximum Gasteiger partial charge on any atom is 0.285 e. The number of hydrogen-bond acceptors (Lipinski definition) is 4. The molecule has 1 saturated heterocycles. The molecular weight excluding hydrogens is 316 g/mol. The van der Waals surface area contributed by atoms with Gasteiger partial charge in [0.05, 0.1) is 18.4 Å². The van der Waals surface area contributed by atoms with Crippen LogP contribution in [0.5, 0.6) is 0 Å². The summed E-state index contributed by atoms with van der Waals surface area (Å²) in [5.74, 6) is 1.56. The van der Waals surface area contributed by atoms with E-state index in [0.29, 0.717) is 24.7 Å². The molecule has 0 unspecified atom stereocenters. The fraction of sp³-hybridized carbons (Fsp3) is 0.688. The molecule has 0 bridgehead atoms. The minimum absolute atomic E-state index is 0.0996. The van der Waals surface area contributed by atoms with Crippen LogP contribution in [0, 0.1) is 11.8 Å². The Morgan fingerprint density at radius 1 is 1.26 bits per heavy atom. The van der Waals surface area contributed by atoms with Crippen molar-refractivity contribution >= 4 is 23.2 Å². The highest BCUT2D eigenvalue weighted by Gasteiger charge is 2.29. The van der Waals surface area contributed by atoms with Crippen LogP contribution in [0.25, 0.3) is 0 Å². The number of rotatable bonds is 3. The molecule has 1 aromatic heterocycles. The number of anilines is 1. The van der Waals surface area contributed by atoms with Crippen molar-refractivity contribution in [1.82, 2.24) is 15.1 Å². The van der Waals surface area contributed by atoms with Crippen LogP contribution in [-0.4, -0.2) is 47.2 Å². The topological polar surface area (TPSA) is 69.3 Å². The fourth-order valence-electron chi connectivity index (χ4n) is 3.53. The molecule has 2 fully saturated rings. The first kappa shape index (κ1) is 16.3. The molecule has 3 rings (SSSR count). The molecule has 0 atom stereocenters. The summed E-state index contributed by atoms with van der Waals surface area (Å²) in [5.41, 5.74) is 0.116. The number of halogens is 1. The molecule has 1 aliphatic carbocycles. The maximum absolute atomic E-state index is 12.4. The summed E-state index contributed by atoms with van der Waals surface area (Å²) in [6, 6.07) is 0. The van der Waals surface area contributed by atoms with Gasteiger partial charge in [-0.1, -0.05) is 31.4 Å². The maximum atomic E-state index is 12.4. The van der Waals surface area contributed by atoms with Gasteiger partial charge < -0.3 is 9.80 Å². The minimum Gasteiger partial charge on any atom is -0.358 e. The van der Waals surface area contributed by atoms with Crippen molar-refractivity contribution in [1.29, 1.82) is 0 Å². The number of nitrogens with one attached hydrogen (secondary N) is 1. The summed E-state index contributed by atoms with van der Waals surface area (Å²) in [6.07, 6.45) is 6.49. The van der Waals surface area contributed by atoms with Crippen molar-refractivity contribution in [2.45, 2.75) is 32.6 Å². The molecule has 0 spiro atoms. The third-order valence-electron chi connectivity index (χ3n) is 5.05. The van der Waals surface area contributed by atoms with Gasteiger partial charge in [-0.05, 0) is 24.7 Å². The van der Waals surface area contributed by atoms with Crippen LogP contribution in [0.2, 0.25) is 5.02 Å². The Morgan fingerprint density at radius 2 is 2.00 bits per heavy atom. The Balaban J connectivity index is 1.60. The molecule has 0 aromatic carbocycles. The van der Waals surface area contributed by atoms with Gasteiger partial charge in [-0.15, -0.1) is 0 Å². The summed E-state index contributed by atoms with van der Waals surface area (Å²) in [7, 11) is 0. The average molecular weight is 339 g/mol. The summed E-state index contributed by atoms with van der Waals surface area (Å²) in [4.78, 5) is 27.8. The molecule has 2 heterocycles. The van der Waals surface area contributed by atoms with Gasteiger partial charge in [0.25, 0.3) is 5.56 Å². The second-order valence-electron chi connectivity index (χ2n) is 6.79. The smallest absolute Gasteiger partial charge is 0.285 e. The minimum atomic E-state index is -0.421. The first-order valence-electron chi connectivity index (χ1n) is 8.30. The lowest BCUT2D eigenvalue weighted by Gasteiger charge is -2.38. The normalized spacial score (nSPS) is 25.7. The number of amides is 1. The van der Waals surface area contributed by atoms with Crippen LogP contribution in [0.15, 0.2) is 11.0 Å². The van der Waals surface area contributed by atoms with Gasteiger partial charge in [0.2, 0.25) is 5.91 Å². The Bertz CT molecular complexity index is 625. The molecule has 23 heavy (non-hydrogen) atoms. The van der Waals surface area contributed by atoms with Crippen LogP contribution in [-0.2, 0) is 4.79 Å². The van der Waals surface area contributed by atoms with E-state index in [4.69, 9.17) is 11.6 Å². The number of hydrogen-bond donors (Lipinski definition) is 1. The molecule has 2 aliphatic rings. The fourth-order valence-corrected chi connectivity index (χ4v) is 3.74. The monoisotopic (exact) mass is 338 g/mol. The molecule has 1 amide bonds. The van der Waals surface area contributed by atoms with E-state index in [1.165, 1.54) is 31.9 Å². The third-order valence-corrected chi connectivity index (χ3v) is 5.42. The number of carbonyl (C=O) groups excluding carboxylic acids is 1. The van der Waals surface area contributed by atoms with Gasteiger partial charge in [-0.25, -0.2) is 5.10 Å². The van der Waals surface area contributed by atoms with Gasteiger partial charge in [-0.2, -0.15) is 5.10 Å². The third kappa shape index (κ3) is 3.68. The second-order valence-corrected chi connectivity index (χ2v) is 7.16. The number of carbonyl (C=O) groups is 1. The number of H-pyrrole nitrogens is 1. The van der Waals surface area contributed by atoms with Crippen LogP contribution in [0.4, 0.5) is 5.69 Å². The number of nitrogens with zero attached hydrogens (tertiary/aromatic N) is 3. The molecule has 6 nitrogen and oxygen atoms in total. The summed E-state index contributed by atoms with van der Waals surface area (Å²) in [5, 5.41) is 6.17. The van der Waals surface area contributed by atoms with Crippen molar-refractivity contribution in [3.05, 3.63) is 21.6 Å². The van der Waals surface area contributed by atoms with E-state index in [9.17, 15) is 9.59 Å². The lowest BCUT2D eigenvalue weighted by molar-refractivity contribution is -0.131. The van der Waals surface area contributed by atoms with Gasteiger partial charge >= 0.3 is 0 Å². The van der Waals surface area contributed by atoms with E-state index in [1.54, 1.807) is 0 Å². The van der Waals surface area contributed by atoms with Crippen molar-refractivity contribution in [3.63, 3.8) is 0 Å². The first-order valence-corrected chi connectivity index (χ1v) is 8.68. The molecule has 1 N–H and O–H groups in total. The van der Waals surface area contributed by atoms with Gasteiger partial charge in [0, 0.05) is 19.6 Å². The quantitative estimate of drug-likeness (QED) is 0.914. The molecule has 0 radical (unpaired) electrons. The van der Waals surface area contributed by atoms with E-state index < -0.39 is 5.56 Å². The van der Waals surface area contributed by atoms with E-state index >= 15 is 0 Å². The van der Waals surface area contributed by atoms with Crippen molar-refractivity contribution < 1.29 is 4.79 Å². The first-order chi connectivity index (χ1) is 11.0. The molecule has 1 aromatic rings. The Kier molecular flexibility index (Phi) is 4.90. The van der Waals surface area contributed by atoms with E-state index in [2.05, 4.69) is 17.1 Å².